The van der Waals surface area contributed by atoms with Crippen LogP contribution < -0.4 is 79.7 Å². The molecule has 0 fully saturated rings. The summed E-state index contributed by atoms with van der Waals surface area (Å²) in [5.74, 6) is -1.87. The molecular formula is C87H97Cl6N18NaO14. The van der Waals surface area contributed by atoms with E-state index >= 15 is 0 Å². The van der Waals surface area contributed by atoms with Crippen LogP contribution in [0.25, 0.3) is 22.5 Å². The van der Waals surface area contributed by atoms with Gasteiger partial charge in [-0.15, -0.1) is 24.8 Å². The van der Waals surface area contributed by atoms with Crippen molar-refractivity contribution in [2.24, 2.45) is 49.4 Å². The van der Waals surface area contributed by atoms with Crippen LogP contribution in [0.5, 0.6) is 0 Å². The third kappa shape index (κ3) is 44.6. The summed E-state index contributed by atoms with van der Waals surface area (Å²) in [5.41, 5.74) is 41.0. The number of carbonyl (C=O) groups is 7. The monoisotopic (exact) mass is 1850 g/mol. The molecule has 11 aromatic rings. The second-order valence-electron chi connectivity index (χ2n) is 24.9. The zero-order valence-corrected chi connectivity index (χ0v) is 77.5. The van der Waals surface area contributed by atoms with E-state index < -0.39 is 11.9 Å². The fraction of sp³-hybridized carbons (Fsp3) is 0.149. The summed E-state index contributed by atoms with van der Waals surface area (Å²) in [5, 5.41) is 34.6. The van der Waals surface area contributed by atoms with Crippen LogP contribution in [0.3, 0.4) is 0 Å². The number of hydrogen-bond donors (Lipinski definition) is 10. The smallest absolute Gasteiger partial charge is 0.857 e. The van der Waals surface area contributed by atoms with Gasteiger partial charge in [0.05, 0.1) is 64.9 Å². The molecule has 2 heterocycles. The summed E-state index contributed by atoms with van der Waals surface area (Å²) in [6.45, 7) is 1.53. The van der Waals surface area contributed by atoms with Crippen LogP contribution >= 0.6 is 71.2 Å². The number of esters is 2. The number of rotatable bonds is 21. The molecule has 1 amide bonds. The molecule has 0 saturated heterocycles. The van der Waals surface area contributed by atoms with Gasteiger partial charge in [-0.3, -0.25) is 19.3 Å². The van der Waals surface area contributed by atoms with Gasteiger partial charge in [0, 0.05) is 126 Å². The van der Waals surface area contributed by atoms with E-state index in [1.54, 1.807) is 185 Å². The molecule has 0 bridgehead atoms. The Morgan fingerprint density at radius 3 is 0.968 bits per heavy atom. The minimum atomic E-state index is -0.976. The third-order valence-electron chi connectivity index (χ3n) is 15.0. The molecule has 0 aliphatic rings. The molecule has 2 aromatic heterocycles. The molecule has 0 atom stereocenters. The minimum absolute atomic E-state index is 0. The molecule has 0 radical (unpaired) electrons. The van der Waals surface area contributed by atoms with Crippen LogP contribution in [0.4, 0.5) is 40.3 Å². The maximum atomic E-state index is 11.9. The number of carboxylic acids is 2. The van der Waals surface area contributed by atoms with E-state index in [1.807, 2.05) is 98.7 Å². The maximum Gasteiger partial charge on any atom is 1.00 e. The van der Waals surface area contributed by atoms with E-state index in [2.05, 4.69) is 55.0 Å². The Morgan fingerprint density at radius 1 is 0.421 bits per heavy atom. The second kappa shape index (κ2) is 61.6. The third-order valence-corrected chi connectivity index (χ3v) is 16.0. The number of methoxy groups -OCH3 is 4. The first-order chi connectivity index (χ1) is 58.5. The van der Waals surface area contributed by atoms with Crippen molar-refractivity contribution in [1.29, 1.82) is 0 Å². The topological polar surface area (TPSA) is 498 Å². The number of nitrogens with two attached hydrogens (primary N) is 6. The maximum absolute atomic E-state index is 11.9. The number of allylic oxidation sites excluding steroid dienone is 1. The molecule has 0 spiro atoms. The Morgan fingerprint density at radius 2 is 0.706 bits per heavy atom. The molecule has 0 aliphatic carbocycles. The number of aromatic nitrogens is 4. The first-order valence-corrected chi connectivity index (χ1v) is 37.4. The fourth-order valence-corrected chi connectivity index (χ4v) is 9.65. The number of halogens is 6. The first-order valence-electron chi connectivity index (χ1n) is 35.9. The molecule has 0 unspecified atom stereocenters. The molecule has 32 nitrogen and oxygen atoms in total. The molecule has 0 saturated carbocycles. The predicted octanol–water partition coefficient (Wildman–Crippen LogP) is 11.6. The van der Waals surface area contributed by atoms with Crippen molar-refractivity contribution in [1.82, 2.24) is 34.6 Å². The number of benzene rings is 9. The van der Waals surface area contributed by atoms with E-state index in [1.165, 1.54) is 63.6 Å². The molecular weight excluding hydrogens is 1760 g/mol. The Labute approximate surface area is 784 Å². The van der Waals surface area contributed by atoms with Gasteiger partial charge >= 0.3 is 53.4 Å². The number of aliphatic imine (C=N–C) groups is 3. The van der Waals surface area contributed by atoms with Gasteiger partial charge in [0.25, 0.3) is 5.91 Å². The number of nitrogens with one attached hydrogen (secondary N) is 2. The summed E-state index contributed by atoms with van der Waals surface area (Å²) >= 11 is 23.1. The zero-order chi connectivity index (χ0) is 91.7. The van der Waals surface area contributed by atoms with Gasteiger partial charge in [0.1, 0.15) is 0 Å². The molecule has 16 N–H and O–H groups in total. The Kier molecular flexibility index (Phi) is 55.4. The van der Waals surface area contributed by atoms with Crippen molar-refractivity contribution in [3.8, 4) is 22.5 Å². The van der Waals surface area contributed by atoms with Crippen LogP contribution in [0, 0.1) is 0 Å². The first kappa shape index (κ1) is 113. The zero-order valence-electron chi connectivity index (χ0n) is 70.9. The van der Waals surface area contributed by atoms with E-state index in [9.17, 15) is 33.6 Å². The number of carboxylic acid groups (broad SMARTS) is 2. The van der Waals surface area contributed by atoms with Crippen LogP contribution in [0.2, 0.25) is 20.1 Å². The number of amides is 1. The quantitative estimate of drug-likeness (QED) is 0.00607. The van der Waals surface area contributed by atoms with Gasteiger partial charge in [0.15, 0.2) is 29.4 Å². The number of ketones is 2. The van der Waals surface area contributed by atoms with E-state index in [0.717, 1.165) is 35.3 Å². The van der Waals surface area contributed by atoms with Crippen molar-refractivity contribution in [2.45, 2.75) is 13.3 Å². The van der Waals surface area contributed by atoms with Crippen molar-refractivity contribution in [2.75, 3.05) is 88.5 Å². The van der Waals surface area contributed by atoms with Crippen molar-refractivity contribution in [3.63, 3.8) is 0 Å². The van der Waals surface area contributed by atoms with Gasteiger partial charge in [-0.2, -0.15) is 7.11 Å². The summed E-state index contributed by atoms with van der Waals surface area (Å²) in [6, 6.07) is 64.6. The Bertz CT molecular complexity index is 5180. The van der Waals surface area contributed by atoms with Crippen molar-refractivity contribution >= 4 is 171 Å². The van der Waals surface area contributed by atoms with Gasteiger partial charge in [-0.05, 0) is 227 Å². The number of Topliss-reactive ketones (excluding diaryl/α,β-unsaturated/α-hetero) is 1. The Hall–Kier alpha value is -12.6. The molecule has 662 valence electrons. The molecule has 39 heteroatoms. The van der Waals surface area contributed by atoms with Gasteiger partial charge in [-0.1, -0.05) is 70.7 Å². The van der Waals surface area contributed by atoms with E-state index in [4.69, 9.17) is 106 Å². The number of hydrogen-bond acceptors (Lipinski definition) is 23. The standard InChI is InChI=1S/C19H17ClN4O.C17H12ClN3O2.C11H12ClNO.2C9H11N3O2.C8H7ClO.C8H9N3O2.C5H13NO2.CH3O.2ClH.Na/c1-24(2)18(25)14-5-9-16(10-6-14)22-19-21-12-11-17(23-19)13-3-7-15(20)8-4-13;18-13-5-1-11(2-6-13)15-9-10-19-17(21-15)20-14-7-3-12(4-8-14)16(22)23;1-13(2)8-7-11(14)9-3-5-10(12)6-4-9;2*1-14-8(13)6-2-4-7(5-3-6)12-9(10)11;1-6(10)7-2-4-8(9)5-3-7;9-8(10)11-6-3-1-5(2-4-6)7(12)13;1-6(2)5(7-3)8-4;1-2;;;/h3-12H,1-2H3,(H,21,22,23);1-10H,(H,22,23)(H,19,20,21);3-8H,1-2H3;2*2-5H,1H3,(H4,10,11,12);2-5H,1H3;1-4H,(H,12,13)(H4,9,10,11);5H,1-4H3;1H3;2*1H;/q;;;;;;;;-1;;;+1/b;;8-7-;;;;;;;;;. The summed E-state index contributed by atoms with van der Waals surface area (Å²) in [7, 11) is 17.6. The van der Waals surface area contributed by atoms with Crippen LogP contribution in [0.15, 0.2) is 270 Å². The molecule has 11 rings (SSSR count). The SMILES string of the molecule is CC(=O)c1ccc(Cl)cc1.CN(C)/C=C\C(=O)c1ccc(Cl)cc1.CN(C)C(=O)c1ccc(Nc2nccc(-c3ccc(Cl)cc3)n2)cc1.COC(=O)c1ccc(N=C(N)N)cc1.COC(=O)c1ccc(N=C(N)N)cc1.COC(OC)N(C)C.C[O-].Cl.Cl.NC(N)=Nc1ccc(C(=O)O)cc1.O=C(O)c1ccc(Nc2nccc(-c3ccc(Cl)cc3)n2)cc1.[Na+]. The average Bonchev–Trinajstić information content (AvgIpc) is 0.843. The van der Waals surface area contributed by atoms with Crippen LogP contribution in [-0.4, -0.2) is 188 Å². The van der Waals surface area contributed by atoms with Gasteiger partial charge in [0.2, 0.25) is 18.3 Å². The number of nitrogens with zero attached hydrogens (tertiary/aromatic N) is 10. The summed E-state index contributed by atoms with van der Waals surface area (Å²) in [6.07, 6.45) is 6.39. The second-order valence-corrected chi connectivity index (χ2v) is 26.7. The van der Waals surface area contributed by atoms with Crippen molar-refractivity contribution in [3.05, 3.63) is 314 Å². The number of carbonyl (C=O) groups excluding carboxylic acids is 5. The van der Waals surface area contributed by atoms with Crippen LogP contribution in [0.1, 0.15) is 79.4 Å². The average molecular weight is 1850 g/mol. The molecule has 126 heavy (non-hydrogen) atoms. The fourth-order valence-electron chi connectivity index (χ4n) is 9.14. The summed E-state index contributed by atoms with van der Waals surface area (Å²) in [4.78, 5) is 111. The van der Waals surface area contributed by atoms with Crippen LogP contribution in [-0.2, 0) is 18.9 Å². The number of ether oxygens (including phenoxy) is 4. The van der Waals surface area contributed by atoms with Crippen molar-refractivity contribution < 1.29 is 97.4 Å². The largest absolute Gasteiger partial charge is 1.00 e. The molecule has 9 aromatic carbocycles. The van der Waals surface area contributed by atoms with Gasteiger partial charge in [-0.25, -0.2) is 54.1 Å². The number of anilines is 4. The number of aromatic carboxylic acids is 2. The van der Waals surface area contributed by atoms with E-state index in [0.29, 0.717) is 82.6 Å². The van der Waals surface area contributed by atoms with E-state index in [-0.39, 0.29) is 119 Å². The summed E-state index contributed by atoms with van der Waals surface area (Å²) < 4.78 is 18.8. The predicted molar refractivity (Wildman–Crippen MR) is 497 cm³/mol. The number of guanidine groups is 3. The Balaban J connectivity index is 0.00000144. The minimum Gasteiger partial charge on any atom is -0.857 e. The normalized spacial score (nSPS) is 9.61. The van der Waals surface area contributed by atoms with Gasteiger partial charge < -0.3 is 89.1 Å². The molecule has 0 aliphatic heterocycles.